The maximum atomic E-state index is 11.8. The van der Waals surface area contributed by atoms with Crippen molar-refractivity contribution < 1.29 is 9.53 Å². The molecule has 1 aliphatic rings. The van der Waals surface area contributed by atoms with Gasteiger partial charge < -0.3 is 4.74 Å². The van der Waals surface area contributed by atoms with Gasteiger partial charge in [0.05, 0.1) is 11.3 Å². The SMILES string of the molecule is O=C1NN=C(CSCc2ccccc2)Oc2ccccc21. The number of nitrogens with zero attached hydrogens (tertiary/aromatic N) is 1. The van der Waals surface area contributed by atoms with Gasteiger partial charge in [0, 0.05) is 5.75 Å². The second kappa shape index (κ2) is 6.45. The molecule has 1 heterocycles. The summed E-state index contributed by atoms with van der Waals surface area (Å²) < 4.78 is 5.71. The van der Waals surface area contributed by atoms with Crippen LogP contribution in [0, 0.1) is 0 Å². The average molecular weight is 298 g/mol. The molecule has 21 heavy (non-hydrogen) atoms. The number of rotatable bonds is 4. The van der Waals surface area contributed by atoms with Crippen molar-refractivity contribution in [2.75, 3.05) is 5.75 Å². The van der Waals surface area contributed by atoms with Gasteiger partial charge in [-0.25, -0.2) is 5.43 Å². The fourth-order valence-corrected chi connectivity index (χ4v) is 2.79. The predicted octanol–water partition coefficient (Wildman–Crippen LogP) is 3.06. The van der Waals surface area contributed by atoms with Crippen LogP contribution >= 0.6 is 11.8 Å². The molecule has 0 atom stereocenters. The summed E-state index contributed by atoms with van der Waals surface area (Å²) in [6, 6.07) is 17.3. The Hall–Kier alpha value is -2.27. The maximum Gasteiger partial charge on any atom is 0.275 e. The summed E-state index contributed by atoms with van der Waals surface area (Å²) >= 11 is 1.69. The van der Waals surface area contributed by atoms with Gasteiger partial charge in [0.25, 0.3) is 5.91 Å². The first-order chi connectivity index (χ1) is 10.3. The quantitative estimate of drug-likeness (QED) is 0.944. The Morgan fingerprint density at radius 3 is 2.62 bits per heavy atom. The molecule has 0 aliphatic carbocycles. The van der Waals surface area contributed by atoms with Gasteiger partial charge in [-0.1, -0.05) is 42.5 Å². The number of nitrogens with one attached hydrogen (secondary N) is 1. The molecule has 1 aliphatic heterocycles. The summed E-state index contributed by atoms with van der Waals surface area (Å²) in [6.07, 6.45) is 0. The summed E-state index contributed by atoms with van der Waals surface area (Å²) in [7, 11) is 0. The van der Waals surface area contributed by atoms with Crippen LogP contribution in [0.4, 0.5) is 0 Å². The van der Waals surface area contributed by atoms with E-state index in [4.69, 9.17) is 4.74 Å². The zero-order chi connectivity index (χ0) is 14.5. The van der Waals surface area contributed by atoms with E-state index in [0.717, 1.165) is 5.75 Å². The lowest BCUT2D eigenvalue weighted by Crippen LogP contribution is -2.18. The monoisotopic (exact) mass is 298 g/mol. The lowest BCUT2D eigenvalue weighted by Gasteiger charge is -2.07. The van der Waals surface area contributed by atoms with Crippen LogP contribution in [0.2, 0.25) is 0 Å². The molecule has 0 spiro atoms. The van der Waals surface area contributed by atoms with Crippen LogP contribution in [-0.4, -0.2) is 17.6 Å². The molecule has 0 radical (unpaired) electrons. The molecule has 2 aromatic rings. The Morgan fingerprint density at radius 1 is 1.00 bits per heavy atom. The van der Waals surface area contributed by atoms with Crippen LogP contribution < -0.4 is 10.2 Å². The Kier molecular flexibility index (Phi) is 4.21. The Labute approximate surface area is 127 Å². The van der Waals surface area contributed by atoms with Gasteiger partial charge in [0.2, 0.25) is 5.90 Å². The zero-order valence-electron chi connectivity index (χ0n) is 11.3. The fraction of sp³-hybridized carbons (Fsp3) is 0.125. The first-order valence-electron chi connectivity index (χ1n) is 6.58. The lowest BCUT2D eigenvalue weighted by molar-refractivity contribution is 0.0955. The molecule has 5 heteroatoms. The van der Waals surface area contributed by atoms with Crippen molar-refractivity contribution in [1.82, 2.24) is 5.43 Å². The number of thioether (sulfide) groups is 1. The van der Waals surface area contributed by atoms with E-state index < -0.39 is 0 Å². The topological polar surface area (TPSA) is 50.7 Å². The van der Waals surface area contributed by atoms with Crippen LogP contribution in [0.15, 0.2) is 59.7 Å². The largest absolute Gasteiger partial charge is 0.440 e. The normalized spacial score (nSPS) is 13.5. The van der Waals surface area contributed by atoms with Gasteiger partial charge >= 0.3 is 0 Å². The summed E-state index contributed by atoms with van der Waals surface area (Å²) in [5.74, 6) is 2.29. The third-order valence-electron chi connectivity index (χ3n) is 2.98. The highest BCUT2D eigenvalue weighted by molar-refractivity contribution is 7.99. The van der Waals surface area contributed by atoms with Gasteiger partial charge in [-0.15, -0.1) is 16.9 Å². The summed E-state index contributed by atoms with van der Waals surface area (Å²) in [6.45, 7) is 0. The van der Waals surface area contributed by atoms with Crippen LogP contribution in [0.5, 0.6) is 5.75 Å². The molecular formula is C16H14N2O2S. The third-order valence-corrected chi connectivity index (χ3v) is 3.97. The van der Waals surface area contributed by atoms with Crippen molar-refractivity contribution >= 4 is 23.6 Å². The number of hydrogen-bond acceptors (Lipinski definition) is 4. The summed E-state index contributed by atoms with van der Waals surface area (Å²) in [5.41, 5.74) is 4.27. The Bertz CT molecular complexity index is 671. The minimum absolute atomic E-state index is 0.242. The van der Waals surface area contributed by atoms with Crippen LogP contribution in [0.3, 0.4) is 0 Å². The molecule has 106 valence electrons. The number of amides is 1. The van der Waals surface area contributed by atoms with Gasteiger partial charge in [0.15, 0.2) is 0 Å². The van der Waals surface area contributed by atoms with Gasteiger partial charge in [-0.2, -0.15) is 0 Å². The molecule has 4 nitrogen and oxygen atoms in total. The van der Waals surface area contributed by atoms with E-state index >= 15 is 0 Å². The smallest absolute Gasteiger partial charge is 0.275 e. The van der Waals surface area contributed by atoms with E-state index in [0.29, 0.717) is 23.0 Å². The first kappa shape index (κ1) is 13.7. The highest BCUT2D eigenvalue weighted by atomic mass is 32.2. The third kappa shape index (κ3) is 3.44. The molecule has 1 N–H and O–H groups in total. The van der Waals surface area contributed by atoms with E-state index in [1.165, 1.54) is 5.56 Å². The molecule has 3 rings (SSSR count). The number of hydrazone groups is 1. The number of para-hydroxylation sites is 1. The van der Waals surface area contributed by atoms with Gasteiger partial charge in [-0.3, -0.25) is 4.79 Å². The summed E-state index contributed by atoms with van der Waals surface area (Å²) in [5, 5.41) is 4.02. The van der Waals surface area contributed by atoms with Crippen molar-refractivity contribution in [3.05, 3.63) is 65.7 Å². The number of ether oxygens (including phenoxy) is 1. The molecule has 0 saturated heterocycles. The Balaban J connectivity index is 1.63. The van der Waals surface area contributed by atoms with Crippen LogP contribution in [-0.2, 0) is 5.75 Å². The molecule has 0 bridgehead atoms. The van der Waals surface area contributed by atoms with Crippen molar-refractivity contribution in [3.8, 4) is 5.75 Å². The maximum absolute atomic E-state index is 11.8. The lowest BCUT2D eigenvalue weighted by atomic mass is 10.2. The Morgan fingerprint density at radius 2 is 1.76 bits per heavy atom. The van der Waals surface area contributed by atoms with Gasteiger partial charge in [0.1, 0.15) is 5.75 Å². The molecular weight excluding hydrogens is 284 g/mol. The van der Waals surface area contributed by atoms with Crippen molar-refractivity contribution in [2.24, 2.45) is 5.10 Å². The molecule has 1 amide bonds. The molecule has 0 unspecified atom stereocenters. The van der Waals surface area contributed by atoms with Crippen molar-refractivity contribution in [1.29, 1.82) is 0 Å². The highest BCUT2D eigenvalue weighted by Crippen LogP contribution is 2.21. The summed E-state index contributed by atoms with van der Waals surface area (Å²) in [4.78, 5) is 11.8. The van der Waals surface area contributed by atoms with E-state index in [2.05, 4.69) is 22.7 Å². The number of hydrogen-bond donors (Lipinski definition) is 1. The number of carbonyl (C=O) groups excluding carboxylic acids is 1. The highest BCUT2D eigenvalue weighted by Gasteiger charge is 2.17. The van der Waals surface area contributed by atoms with Crippen molar-refractivity contribution in [3.63, 3.8) is 0 Å². The van der Waals surface area contributed by atoms with Crippen LogP contribution in [0.25, 0.3) is 0 Å². The average Bonchev–Trinajstić information content (AvgIpc) is 2.68. The molecule has 0 saturated carbocycles. The number of carbonyl (C=O) groups is 1. The molecule has 0 aromatic heterocycles. The minimum Gasteiger partial charge on any atom is -0.440 e. The second-order valence-electron chi connectivity index (χ2n) is 4.52. The number of fused-ring (bicyclic) bond motifs is 1. The van der Waals surface area contributed by atoms with E-state index in [1.807, 2.05) is 24.3 Å². The number of benzene rings is 2. The predicted molar refractivity (Wildman–Crippen MR) is 84.6 cm³/mol. The van der Waals surface area contributed by atoms with E-state index in [9.17, 15) is 4.79 Å². The first-order valence-corrected chi connectivity index (χ1v) is 7.74. The second-order valence-corrected chi connectivity index (χ2v) is 5.51. The minimum atomic E-state index is -0.242. The fourth-order valence-electron chi connectivity index (χ4n) is 1.96. The van der Waals surface area contributed by atoms with Crippen molar-refractivity contribution in [2.45, 2.75) is 5.75 Å². The zero-order valence-corrected chi connectivity index (χ0v) is 12.1. The standard InChI is InChI=1S/C16H14N2O2S/c19-16-13-8-4-5-9-14(13)20-15(17-18-16)11-21-10-12-6-2-1-3-7-12/h1-9H,10-11H2,(H,18,19). The van der Waals surface area contributed by atoms with E-state index in [-0.39, 0.29) is 5.91 Å². The molecule has 0 fully saturated rings. The van der Waals surface area contributed by atoms with E-state index in [1.54, 1.807) is 30.0 Å². The van der Waals surface area contributed by atoms with Crippen LogP contribution in [0.1, 0.15) is 15.9 Å². The molecule has 2 aromatic carbocycles. The van der Waals surface area contributed by atoms with Gasteiger partial charge in [-0.05, 0) is 17.7 Å².